The summed E-state index contributed by atoms with van der Waals surface area (Å²) in [5.41, 5.74) is 5.78. The van der Waals surface area contributed by atoms with Crippen molar-refractivity contribution in [3.63, 3.8) is 0 Å². The molecule has 2 fully saturated rings. The van der Waals surface area contributed by atoms with E-state index >= 15 is 0 Å². The van der Waals surface area contributed by atoms with Gasteiger partial charge in [-0.1, -0.05) is 13.8 Å². The van der Waals surface area contributed by atoms with Crippen molar-refractivity contribution in [2.75, 3.05) is 19.6 Å². The standard InChI is InChI=1S/C22H35N5O8/c1-12(2)9-15(22(34)35)25-19(31)14(10-18(29)30)24-20(32)16(27-8-5-13(23)21(27)33)11-17(28)26-6-3-4-7-26/h12-16H,3-11,23H2,1-2H3,(H,24,32)(H,25,31)(H,29,30)(H,34,35)/t13-,14+,15+,16+/m1/s1. The van der Waals surface area contributed by atoms with Crippen molar-refractivity contribution in [3.05, 3.63) is 0 Å². The van der Waals surface area contributed by atoms with Gasteiger partial charge in [0, 0.05) is 19.6 Å². The van der Waals surface area contributed by atoms with Crippen molar-refractivity contribution in [2.24, 2.45) is 11.7 Å². The van der Waals surface area contributed by atoms with E-state index in [0.717, 1.165) is 12.8 Å². The quantitative estimate of drug-likeness (QED) is 0.213. The number of carboxylic acids is 2. The maximum atomic E-state index is 13.2. The highest BCUT2D eigenvalue weighted by atomic mass is 16.4. The lowest BCUT2D eigenvalue weighted by molar-refractivity contribution is -0.146. The molecule has 0 unspecified atom stereocenters. The number of aliphatic carboxylic acids is 2. The summed E-state index contributed by atoms with van der Waals surface area (Å²) in [7, 11) is 0. The molecule has 0 aromatic heterocycles. The van der Waals surface area contributed by atoms with Crippen LogP contribution in [0.2, 0.25) is 0 Å². The molecule has 4 amide bonds. The molecular weight excluding hydrogens is 462 g/mol. The number of carboxylic acid groups (broad SMARTS) is 2. The zero-order valence-electron chi connectivity index (χ0n) is 20.1. The van der Waals surface area contributed by atoms with E-state index in [-0.39, 0.29) is 37.6 Å². The Balaban J connectivity index is 2.21. The van der Waals surface area contributed by atoms with Gasteiger partial charge in [-0.25, -0.2) is 4.79 Å². The average molecular weight is 498 g/mol. The first-order valence-corrected chi connectivity index (χ1v) is 11.8. The number of nitrogens with zero attached hydrogens (tertiary/aromatic N) is 2. The highest BCUT2D eigenvalue weighted by Gasteiger charge is 2.40. The number of carbonyl (C=O) groups excluding carboxylic acids is 4. The van der Waals surface area contributed by atoms with Crippen LogP contribution in [0.25, 0.3) is 0 Å². The highest BCUT2D eigenvalue weighted by Crippen LogP contribution is 2.19. The van der Waals surface area contributed by atoms with Gasteiger partial charge in [-0.15, -0.1) is 0 Å². The molecule has 2 saturated heterocycles. The second kappa shape index (κ2) is 12.5. The minimum absolute atomic E-state index is 0.0738. The number of hydrogen-bond acceptors (Lipinski definition) is 7. The molecule has 0 aromatic carbocycles. The summed E-state index contributed by atoms with van der Waals surface area (Å²) in [4.78, 5) is 77.0. The largest absolute Gasteiger partial charge is 0.481 e. The van der Waals surface area contributed by atoms with Gasteiger partial charge in [0.2, 0.25) is 23.6 Å². The number of hydrogen-bond donors (Lipinski definition) is 5. The van der Waals surface area contributed by atoms with Crippen molar-refractivity contribution >= 4 is 35.6 Å². The predicted octanol–water partition coefficient (Wildman–Crippen LogP) is -1.50. The van der Waals surface area contributed by atoms with Crippen LogP contribution in [0.15, 0.2) is 0 Å². The molecule has 13 nitrogen and oxygen atoms in total. The van der Waals surface area contributed by atoms with E-state index in [2.05, 4.69) is 10.6 Å². The fourth-order valence-electron chi connectivity index (χ4n) is 4.26. The van der Waals surface area contributed by atoms with Gasteiger partial charge in [0.1, 0.15) is 18.1 Å². The molecule has 0 aliphatic carbocycles. The molecule has 0 bridgehead atoms. The molecule has 0 saturated carbocycles. The van der Waals surface area contributed by atoms with E-state index in [4.69, 9.17) is 5.73 Å². The van der Waals surface area contributed by atoms with Gasteiger partial charge < -0.3 is 36.4 Å². The third kappa shape index (κ3) is 7.91. The number of rotatable bonds is 12. The molecule has 2 aliphatic heterocycles. The molecule has 13 heteroatoms. The smallest absolute Gasteiger partial charge is 0.326 e. The molecule has 35 heavy (non-hydrogen) atoms. The highest BCUT2D eigenvalue weighted by molar-refractivity contribution is 5.97. The SMILES string of the molecule is CC(C)C[C@H](NC(=O)[C@H](CC(=O)O)NC(=O)[C@H](CC(=O)N1CCCC1)N1CC[C@@H](N)C1=O)C(=O)O. The molecule has 0 aromatic rings. The predicted molar refractivity (Wildman–Crippen MR) is 122 cm³/mol. The number of likely N-dealkylation sites (tertiary alicyclic amines) is 2. The lowest BCUT2D eigenvalue weighted by Crippen LogP contribution is -2.57. The zero-order chi connectivity index (χ0) is 26.3. The maximum absolute atomic E-state index is 13.2. The Labute approximate surface area is 203 Å². The van der Waals surface area contributed by atoms with Crippen molar-refractivity contribution in [2.45, 2.75) is 76.5 Å². The van der Waals surface area contributed by atoms with Crippen LogP contribution in [0.4, 0.5) is 0 Å². The fraction of sp³-hybridized carbons (Fsp3) is 0.727. The molecule has 0 spiro atoms. The summed E-state index contributed by atoms with van der Waals surface area (Å²) in [6.45, 7) is 4.74. The van der Waals surface area contributed by atoms with E-state index in [1.807, 2.05) is 0 Å². The number of nitrogens with one attached hydrogen (secondary N) is 2. The van der Waals surface area contributed by atoms with Gasteiger partial charge in [0.15, 0.2) is 0 Å². The first-order valence-electron chi connectivity index (χ1n) is 11.8. The second-order valence-electron chi connectivity index (χ2n) is 9.42. The molecule has 2 aliphatic rings. The van der Waals surface area contributed by atoms with Crippen LogP contribution >= 0.6 is 0 Å². The average Bonchev–Trinajstić information content (AvgIpc) is 3.41. The molecule has 4 atom stereocenters. The molecule has 6 N–H and O–H groups in total. The van der Waals surface area contributed by atoms with Crippen molar-refractivity contribution in [1.82, 2.24) is 20.4 Å². The van der Waals surface area contributed by atoms with E-state index < -0.39 is 60.2 Å². The maximum Gasteiger partial charge on any atom is 0.326 e. The number of carbonyl (C=O) groups is 6. The van der Waals surface area contributed by atoms with Gasteiger partial charge in [-0.2, -0.15) is 0 Å². The van der Waals surface area contributed by atoms with Gasteiger partial charge in [-0.3, -0.25) is 24.0 Å². The van der Waals surface area contributed by atoms with E-state index in [9.17, 15) is 39.0 Å². The summed E-state index contributed by atoms with van der Waals surface area (Å²) in [5, 5.41) is 23.2. The lowest BCUT2D eigenvalue weighted by atomic mass is 10.0. The fourth-order valence-corrected chi connectivity index (χ4v) is 4.26. The summed E-state index contributed by atoms with van der Waals surface area (Å²) in [6.07, 6.45) is 0.899. The molecule has 2 heterocycles. The molecule has 196 valence electrons. The minimum atomic E-state index is -1.61. The van der Waals surface area contributed by atoms with Crippen LogP contribution < -0.4 is 16.4 Å². The van der Waals surface area contributed by atoms with Crippen LogP contribution in [-0.2, 0) is 28.8 Å². The first kappa shape index (κ1) is 28.0. The Hall–Kier alpha value is -3.22. The Morgan fingerprint density at radius 3 is 2.06 bits per heavy atom. The minimum Gasteiger partial charge on any atom is -0.481 e. The van der Waals surface area contributed by atoms with E-state index in [1.165, 1.54) is 4.90 Å². The van der Waals surface area contributed by atoms with E-state index in [0.29, 0.717) is 13.1 Å². The number of amides is 4. The van der Waals surface area contributed by atoms with E-state index in [1.54, 1.807) is 18.7 Å². The van der Waals surface area contributed by atoms with Crippen LogP contribution in [0, 0.1) is 5.92 Å². The Morgan fingerprint density at radius 1 is 0.971 bits per heavy atom. The van der Waals surface area contributed by atoms with Crippen molar-refractivity contribution in [3.8, 4) is 0 Å². The summed E-state index contributed by atoms with van der Waals surface area (Å²) >= 11 is 0. The summed E-state index contributed by atoms with van der Waals surface area (Å²) in [6, 6.07) is -4.98. The lowest BCUT2D eigenvalue weighted by Gasteiger charge is -2.30. The van der Waals surface area contributed by atoms with Crippen LogP contribution in [0.5, 0.6) is 0 Å². The molecule has 0 radical (unpaired) electrons. The summed E-state index contributed by atoms with van der Waals surface area (Å²) in [5.74, 6) is -5.47. The van der Waals surface area contributed by atoms with Crippen molar-refractivity contribution in [1.29, 1.82) is 0 Å². The van der Waals surface area contributed by atoms with Crippen LogP contribution in [0.3, 0.4) is 0 Å². The van der Waals surface area contributed by atoms with Gasteiger partial charge in [0.25, 0.3) is 0 Å². The van der Waals surface area contributed by atoms with Crippen molar-refractivity contribution < 1.29 is 39.0 Å². The number of nitrogens with two attached hydrogens (primary N) is 1. The first-order chi connectivity index (χ1) is 16.4. The third-order valence-corrected chi connectivity index (χ3v) is 6.12. The van der Waals surface area contributed by atoms with Gasteiger partial charge in [0.05, 0.1) is 18.9 Å². The van der Waals surface area contributed by atoms with Crippen LogP contribution in [-0.4, -0.2) is 99.4 Å². The van der Waals surface area contributed by atoms with Gasteiger partial charge >= 0.3 is 11.9 Å². The topological polar surface area (TPSA) is 199 Å². The molecular formula is C22H35N5O8. The monoisotopic (exact) mass is 497 g/mol. The second-order valence-corrected chi connectivity index (χ2v) is 9.42. The van der Waals surface area contributed by atoms with Gasteiger partial charge in [-0.05, 0) is 31.6 Å². The normalized spacial score (nSPS) is 20.5. The Kier molecular flexibility index (Phi) is 9.99. The Bertz CT molecular complexity index is 842. The zero-order valence-corrected chi connectivity index (χ0v) is 20.1. The Morgan fingerprint density at radius 2 is 1.57 bits per heavy atom. The summed E-state index contributed by atoms with van der Waals surface area (Å²) < 4.78 is 0. The third-order valence-electron chi connectivity index (χ3n) is 6.12. The molecule has 2 rings (SSSR count). The van der Waals surface area contributed by atoms with Crippen LogP contribution in [0.1, 0.15) is 52.4 Å².